The fourth-order valence-corrected chi connectivity index (χ4v) is 5.90. The number of hydrogen-bond donors (Lipinski definition) is 0. The molecular formula is C24H27N3O5S2. The van der Waals surface area contributed by atoms with Crippen molar-refractivity contribution in [3.05, 3.63) is 72.1 Å². The number of aryl methyl sites for hydroxylation is 1. The molecule has 0 unspecified atom stereocenters. The number of rotatable bonds is 10. The van der Waals surface area contributed by atoms with Crippen molar-refractivity contribution in [1.82, 2.24) is 8.87 Å². The van der Waals surface area contributed by atoms with Crippen molar-refractivity contribution >= 4 is 37.5 Å². The van der Waals surface area contributed by atoms with E-state index in [0.29, 0.717) is 22.8 Å². The Morgan fingerprint density at radius 3 is 2.21 bits per heavy atom. The summed E-state index contributed by atoms with van der Waals surface area (Å²) in [6.07, 6.45) is 3.02. The molecule has 2 aromatic carbocycles. The minimum atomic E-state index is -3.74. The van der Waals surface area contributed by atoms with Gasteiger partial charge in [0.15, 0.2) is 16.3 Å². The molecule has 0 saturated heterocycles. The van der Waals surface area contributed by atoms with E-state index in [1.807, 2.05) is 23.6 Å². The summed E-state index contributed by atoms with van der Waals surface area (Å²) in [6.45, 7) is 10.1. The van der Waals surface area contributed by atoms with Crippen molar-refractivity contribution in [3.8, 4) is 11.5 Å². The summed E-state index contributed by atoms with van der Waals surface area (Å²) in [7, 11) is -0.609. The first kappa shape index (κ1) is 25.4. The Bertz CT molecular complexity index is 1380. The number of ether oxygens (including phenoxy) is 2. The Hall–Kier alpha value is -3.21. The lowest BCUT2D eigenvalue weighted by molar-refractivity contribution is 0.0997. The van der Waals surface area contributed by atoms with Crippen LogP contribution < -0.4 is 14.3 Å². The number of aromatic nitrogens is 1. The molecule has 0 aliphatic carbocycles. The van der Waals surface area contributed by atoms with Crippen LogP contribution >= 0.6 is 11.3 Å². The van der Waals surface area contributed by atoms with E-state index in [9.17, 15) is 13.2 Å². The van der Waals surface area contributed by atoms with Crippen LogP contribution in [0.25, 0.3) is 10.2 Å². The maximum absolute atomic E-state index is 12.9. The fourth-order valence-electron chi connectivity index (χ4n) is 3.42. The average Bonchev–Trinajstić information content (AvgIpc) is 3.18. The van der Waals surface area contributed by atoms with Crippen molar-refractivity contribution in [2.24, 2.45) is 4.99 Å². The lowest BCUT2D eigenvalue weighted by Crippen LogP contribution is -2.31. The number of nitrogens with zero attached hydrogens (tertiary/aromatic N) is 3. The molecule has 0 atom stereocenters. The topological polar surface area (TPSA) is 90.2 Å². The molecule has 0 aliphatic rings. The maximum Gasteiger partial charge on any atom is 0.279 e. The van der Waals surface area contributed by atoms with Crippen molar-refractivity contribution in [3.63, 3.8) is 0 Å². The molecule has 0 bridgehead atoms. The zero-order valence-electron chi connectivity index (χ0n) is 19.4. The highest BCUT2D eigenvalue weighted by Gasteiger charge is 2.22. The maximum atomic E-state index is 12.9. The Morgan fingerprint density at radius 2 is 1.68 bits per heavy atom. The molecule has 0 aliphatic heterocycles. The largest absolute Gasteiger partial charge is 0.493 e. The molecule has 3 aromatic rings. The van der Waals surface area contributed by atoms with Crippen LogP contribution in [-0.4, -0.2) is 50.5 Å². The van der Waals surface area contributed by atoms with Gasteiger partial charge in [0, 0.05) is 37.3 Å². The molecule has 10 heteroatoms. The van der Waals surface area contributed by atoms with Gasteiger partial charge in [-0.15, -0.1) is 13.2 Å². The molecule has 0 fully saturated rings. The Balaban J connectivity index is 1.98. The van der Waals surface area contributed by atoms with Gasteiger partial charge in [0.25, 0.3) is 5.91 Å². The van der Waals surface area contributed by atoms with Gasteiger partial charge in [0.05, 0.1) is 29.3 Å². The molecule has 0 N–H and O–H groups in total. The van der Waals surface area contributed by atoms with E-state index < -0.39 is 15.9 Å². The summed E-state index contributed by atoms with van der Waals surface area (Å²) in [4.78, 5) is 17.8. The summed E-state index contributed by atoms with van der Waals surface area (Å²) >= 11 is 1.36. The molecule has 1 heterocycles. The number of benzene rings is 2. The highest BCUT2D eigenvalue weighted by molar-refractivity contribution is 7.89. The summed E-state index contributed by atoms with van der Waals surface area (Å²) in [5, 5.41) is 0. The number of carbonyl (C=O) groups is 1. The van der Waals surface area contributed by atoms with Gasteiger partial charge in [-0.2, -0.15) is 9.30 Å². The standard InChI is InChI=1S/C24H27N3O5S2/c1-6-13-26(14-7-2)34(29,30)18-11-9-17(10-12-18)23(28)25-24-27(8-3)19-15-20(31-4)21(32-5)16-22(19)33-24/h6-7,9-12,15-16H,1-2,8,13-14H2,3-5H3. The minimum absolute atomic E-state index is 0.0809. The monoisotopic (exact) mass is 501 g/mol. The third-order valence-electron chi connectivity index (χ3n) is 5.11. The summed E-state index contributed by atoms with van der Waals surface area (Å²) < 4.78 is 40.6. The second-order valence-electron chi connectivity index (χ2n) is 7.14. The molecule has 0 radical (unpaired) electrons. The van der Waals surface area contributed by atoms with Gasteiger partial charge in [-0.1, -0.05) is 23.5 Å². The predicted octanol–water partition coefficient (Wildman–Crippen LogP) is 3.84. The summed E-state index contributed by atoms with van der Waals surface area (Å²) in [6, 6.07) is 9.46. The Kier molecular flexibility index (Phi) is 8.08. The van der Waals surface area contributed by atoms with E-state index in [2.05, 4.69) is 18.2 Å². The van der Waals surface area contributed by atoms with Crippen molar-refractivity contribution < 1.29 is 22.7 Å². The number of amides is 1. The number of hydrogen-bond acceptors (Lipinski definition) is 6. The van der Waals surface area contributed by atoms with E-state index in [1.54, 1.807) is 14.2 Å². The number of methoxy groups -OCH3 is 2. The fraction of sp³-hybridized carbons (Fsp3) is 0.250. The van der Waals surface area contributed by atoms with Crippen LogP contribution in [-0.2, 0) is 16.6 Å². The highest BCUT2D eigenvalue weighted by atomic mass is 32.2. The lowest BCUT2D eigenvalue weighted by Gasteiger charge is -2.19. The quantitative estimate of drug-likeness (QED) is 0.394. The van der Waals surface area contributed by atoms with Crippen LogP contribution in [0.2, 0.25) is 0 Å². The second kappa shape index (κ2) is 10.8. The number of carbonyl (C=O) groups excluding carboxylic acids is 1. The van der Waals surface area contributed by atoms with Crippen LogP contribution in [0.15, 0.2) is 71.6 Å². The van der Waals surface area contributed by atoms with Crippen molar-refractivity contribution in [1.29, 1.82) is 0 Å². The third kappa shape index (κ3) is 4.98. The Morgan fingerprint density at radius 1 is 1.09 bits per heavy atom. The molecule has 3 rings (SSSR count). The number of sulfonamides is 1. The van der Waals surface area contributed by atoms with E-state index in [4.69, 9.17) is 9.47 Å². The van der Waals surface area contributed by atoms with Gasteiger partial charge >= 0.3 is 0 Å². The van der Waals surface area contributed by atoms with Gasteiger partial charge < -0.3 is 14.0 Å². The molecule has 8 nitrogen and oxygen atoms in total. The van der Waals surface area contributed by atoms with Crippen LogP contribution in [0.4, 0.5) is 0 Å². The third-order valence-corrected chi connectivity index (χ3v) is 7.99. The van der Waals surface area contributed by atoms with Gasteiger partial charge in [-0.25, -0.2) is 8.42 Å². The normalized spacial score (nSPS) is 12.2. The summed E-state index contributed by atoms with van der Waals surface area (Å²) in [5.74, 6) is 0.716. The van der Waals surface area contributed by atoms with Gasteiger partial charge in [0.1, 0.15) is 0 Å². The van der Waals surface area contributed by atoms with E-state index >= 15 is 0 Å². The molecule has 0 spiro atoms. The van der Waals surface area contributed by atoms with Gasteiger partial charge in [-0.05, 0) is 31.2 Å². The molecule has 34 heavy (non-hydrogen) atoms. The van der Waals surface area contributed by atoms with Crippen LogP contribution in [0.3, 0.4) is 0 Å². The van der Waals surface area contributed by atoms with Gasteiger partial charge in [0.2, 0.25) is 10.0 Å². The second-order valence-corrected chi connectivity index (χ2v) is 10.1. The zero-order chi connectivity index (χ0) is 24.9. The van der Waals surface area contributed by atoms with Crippen LogP contribution in [0.1, 0.15) is 17.3 Å². The SMILES string of the molecule is C=CCN(CC=C)S(=O)(=O)c1ccc(C(=O)N=c2sc3cc(OC)c(OC)cc3n2CC)cc1. The molecule has 1 amide bonds. The smallest absolute Gasteiger partial charge is 0.279 e. The van der Waals surface area contributed by atoms with Crippen molar-refractivity contribution in [2.75, 3.05) is 27.3 Å². The van der Waals surface area contributed by atoms with Crippen molar-refractivity contribution in [2.45, 2.75) is 18.4 Å². The first-order valence-corrected chi connectivity index (χ1v) is 12.7. The Labute approximate surface area is 203 Å². The van der Waals surface area contributed by atoms with E-state index in [-0.39, 0.29) is 23.5 Å². The molecule has 180 valence electrons. The minimum Gasteiger partial charge on any atom is -0.493 e. The molecular weight excluding hydrogens is 474 g/mol. The van der Waals surface area contributed by atoms with Crippen LogP contribution in [0.5, 0.6) is 11.5 Å². The lowest BCUT2D eigenvalue weighted by atomic mass is 10.2. The molecule has 0 saturated carbocycles. The van der Waals surface area contributed by atoms with E-state index in [1.165, 1.54) is 52.1 Å². The zero-order valence-corrected chi connectivity index (χ0v) is 21.0. The van der Waals surface area contributed by atoms with Gasteiger partial charge in [-0.3, -0.25) is 4.79 Å². The predicted molar refractivity (Wildman–Crippen MR) is 134 cm³/mol. The number of thiazole rings is 1. The highest BCUT2D eigenvalue weighted by Crippen LogP contribution is 2.33. The average molecular weight is 502 g/mol. The molecule has 1 aromatic heterocycles. The first-order chi connectivity index (χ1) is 16.3. The number of fused-ring (bicyclic) bond motifs is 1. The van der Waals surface area contributed by atoms with Crippen LogP contribution in [0, 0.1) is 0 Å². The van der Waals surface area contributed by atoms with E-state index in [0.717, 1.165) is 10.2 Å². The summed E-state index contributed by atoms with van der Waals surface area (Å²) in [5.41, 5.74) is 1.16. The first-order valence-electron chi connectivity index (χ1n) is 10.5.